The fourth-order valence-corrected chi connectivity index (χ4v) is 10.4. The summed E-state index contributed by atoms with van der Waals surface area (Å²) >= 11 is 2.21. The van der Waals surface area contributed by atoms with Crippen LogP contribution in [0.5, 0.6) is 0 Å². The Morgan fingerprint density at radius 3 is 2.80 bits per heavy atom. The molecule has 5 aliphatic rings. The topological polar surface area (TPSA) is 51.7 Å². The molecule has 5 fully saturated rings. The van der Waals surface area contributed by atoms with Crippen molar-refractivity contribution < 1.29 is 9.15 Å². The van der Waals surface area contributed by atoms with Gasteiger partial charge in [0.25, 0.3) is 0 Å². The van der Waals surface area contributed by atoms with Gasteiger partial charge in [0.1, 0.15) is 5.60 Å². The second-order valence-electron chi connectivity index (χ2n) is 11.6. The van der Waals surface area contributed by atoms with Crippen molar-refractivity contribution in [3.63, 3.8) is 0 Å². The first-order valence-corrected chi connectivity index (χ1v) is 13.6. The highest BCUT2D eigenvalue weighted by molar-refractivity contribution is 7.99. The van der Waals surface area contributed by atoms with Crippen molar-refractivity contribution in [1.29, 1.82) is 0 Å². The summed E-state index contributed by atoms with van der Waals surface area (Å²) in [7, 11) is 0. The summed E-state index contributed by atoms with van der Waals surface area (Å²) in [5.41, 5.74) is 8.14. The van der Waals surface area contributed by atoms with E-state index < -0.39 is 0 Å². The first-order valence-electron chi connectivity index (χ1n) is 12.5. The second kappa shape index (κ2) is 7.02. The molecule has 6 rings (SSSR count). The monoisotopic (exact) mass is 429 g/mol. The number of nitrogens with two attached hydrogens (primary N) is 1. The Balaban J connectivity index is 1.23. The second-order valence-corrected chi connectivity index (χ2v) is 13.0. The van der Waals surface area contributed by atoms with Crippen molar-refractivity contribution in [3.8, 4) is 0 Å². The van der Waals surface area contributed by atoms with Crippen molar-refractivity contribution in [1.82, 2.24) is 0 Å². The molecular formula is C26H39NO2S. The summed E-state index contributed by atoms with van der Waals surface area (Å²) in [6.07, 6.45) is 16.6. The third-order valence-corrected chi connectivity index (χ3v) is 12.1. The molecule has 2 heterocycles. The fraction of sp³-hybridized carbons (Fsp3) is 0.846. The Labute approximate surface area is 186 Å². The van der Waals surface area contributed by atoms with Crippen LogP contribution in [0.1, 0.15) is 83.1 Å². The van der Waals surface area contributed by atoms with Crippen LogP contribution in [-0.2, 0) is 4.74 Å². The van der Waals surface area contributed by atoms with Crippen molar-refractivity contribution in [3.05, 3.63) is 24.2 Å². The molecule has 1 aromatic heterocycles. The van der Waals surface area contributed by atoms with Gasteiger partial charge in [-0.25, -0.2) is 0 Å². The zero-order chi connectivity index (χ0) is 20.6. The highest BCUT2D eigenvalue weighted by Gasteiger charge is 2.80. The van der Waals surface area contributed by atoms with Crippen molar-refractivity contribution in [2.75, 3.05) is 12.3 Å². The minimum Gasteiger partial charge on any atom is -0.472 e. The molecule has 0 amide bonds. The zero-order valence-electron chi connectivity index (χ0n) is 18.8. The Morgan fingerprint density at radius 2 is 2.00 bits per heavy atom. The smallest absolute Gasteiger partial charge is 0.104 e. The highest BCUT2D eigenvalue weighted by atomic mass is 32.2. The van der Waals surface area contributed by atoms with Gasteiger partial charge in [-0.2, -0.15) is 11.8 Å². The minimum absolute atomic E-state index is 0.165. The van der Waals surface area contributed by atoms with E-state index in [0.29, 0.717) is 22.9 Å². The van der Waals surface area contributed by atoms with Crippen LogP contribution in [-0.4, -0.2) is 29.3 Å². The number of epoxide rings is 1. The maximum atomic E-state index is 6.71. The van der Waals surface area contributed by atoms with Crippen molar-refractivity contribution in [2.45, 2.75) is 94.5 Å². The molecule has 30 heavy (non-hydrogen) atoms. The summed E-state index contributed by atoms with van der Waals surface area (Å²) in [4.78, 5) is 0. The molecular weight excluding hydrogens is 390 g/mol. The first-order chi connectivity index (χ1) is 14.5. The van der Waals surface area contributed by atoms with Gasteiger partial charge >= 0.3 is 0 Å². The number of thioether (sulfide) groups is 1. The quantitative estimate of drug-likeness (QED) is 0.461. The van der Waals surface area contributed by atoms with Crippen LogP contribution in [0.2, 0.25) is 0 Å². The summed E-state index contributed by atoms with van der Waals surface area (Å²) < 4.78 is 12.2. The molecule has 0 unspecified atom stereocenters. The molecule has 1 spiro atoms. The fourth-order valence-electron chi connectivity index (χ4n) is 9.11. The molecule has 3 nitrogen and oxygen atoms in total. The van der Waals surface area contributed by atoms with Gasteiger partial charge in [0.15, 0.2) is 0 Å². The molecule has 2 N–H and O–H groups in total. The Morgan fingerprint density at radius 1 is 1.10 bits per heavy atom. The molecule has 4 heteroatoms. The van der Waals surface area contributed by atoms with Crippen LogP contribution >= 0.6 is 11.8 Å². The predicted molar refractivity (Wildman–Crippen MR) is 123 cm³/mol. The van der Waals surface area contributed by atoms with Crippen LogP contribution in [0, 0.1) is 28.6 Å². The normalized spacial score (nSPS) is 51.6. The van der Waals surface area contributed by atoms with Gasteiger partial charge in [0.05, 0.1) is 18.6 Å². The van der Waals surface area contributed by atoms with Crippen LogP contribution in [0.3, 0.4) is 0 Å². The third-order valence-electron chi connectivity index (χ3n) is 10.7. The van der Waals surface area contributed by atoms with Gasteiger partial charge in [-0.1, -0.05) is 13.8 Å². The molecule has 0 radical (unpaired) electrons. The molecule has 9 atom stereocenters. The van der Waals surface area contributed by atoms with Gasteiger partial charge in [-0.15, -0.1) is 0 Å². The van der Waals surface area contributed by atoms with Gasteiger partial charge in [0.2, 0.25) is 0 Å². The molecule has 4 aliphatic carbocycles. The molecule has 4 saturated carbocycles. The predicted octanol–water partition coefficient (Wildman–Crippen LogP) is 5.99. The molecule has 0 aromatic carbocycles. The van der Waals surface area contributed by atoms with E-state index in [4.69, 9.17) is 14.9 Å². The van der Waals surface area contributed by atoms with E-state index in [0.717, 1.165) is 29.5 Å². The molecule has 1 saturated heterocycles. The van der Waals surface area contributed by atoms with Gasteiger partial charge in [-0.05, 0) is 111 Å². The highest BCUT2D eigenvalue weighted by Crippen LogP contribution is 2.78. The summed E-state index contributed by atoms with van der Waals surface area (Å²) in [6.45, 7) is 6.08. The van der Waals surface area contributed by atoms with Gasteiger partial charge in [-0.3, -0.25) is 0 Å². The van der Waals surface area contributed by atoms with E-state index in [-0.39, 0.29) is 5.60 Å². The van der Waals surface area contributed by atoms with Crippen molar-refractivity contribution in [2.24, 2.45) is 34.3 Å². The molecule has 1 aliphatic heterocycles. The van der Waals surface area contributed by atoms with Crippen LogP contribution < -0.4 is 5.73 Å². The van der Waals surface area contributed by atoms with Crippen molar-refractivity contribution >= 4 is 11.8 Å². The van der Waals surface area contributed by atoms with Crippen LogP contribution in [0.4, 0.5) is 0 Å². The average Bonchev–Trinajstić information content (AvgIpc) is 3.09. The average molecular weight is 430 g/mol. The lowest BCUT2D eigenvalue weighted by molar-refractivity contribution is -0.126. The maximum Gasteiger partial charge on any atom is 0.104 e. The minimum atomic E-state index is 0.165. The molecule has 1 aromatic rings. The number of rotatable bonds is 5. The Kier molecular flexibility index (Phi) is 4.72. The molecule has 0 bridgehead atoms. The summed E-state index contributed by atoms with van der Waals surface area (Å²) in [6, 6.07) is 2.21. The van der Waals surface area contributed by atoms with Crippen LogP contribution in [0.15, 0.2) is 23.0 Å². The van der Waals surface area contributed by atoms with E-state index in [1.807, 2.05) is 12.5 Å². The number of hydrogen-bond donors (Lipinski definition) is 1. The van der Waals surface area contributed by atoms with E-state index in [1.165, 1.54) is 69.1 Å². The van der Waals surface area contributed by atoms with Gasteiger partial charge in [0, 0.05) is 10.7 Å². The van der Waals surface area contributed by atoms with E-state index in [9.17, 15) is 0 Å². The van der Waals surface area contributed by atoms with Crippen LogP contribution in [0.25, 0.3) is 0 Å². The SMILES string of the molecule is C[C@]12CC[C@H](SCCCN)C[C@H]1CC[C@@H]1[C@@H]2CC[C@]2(C)[C@@H](c3ccoc3)C[C@H]3O[C@]132. The van der Waals surface area contributed by atoms with Gasteiger partial charge < -0.3 is 14.9 Å². The lowest BCUT2D eigenvalue weighted by Gasteiger charge is -2.61. The number of ether oxygens (including phenoxy) is 1. The Bertz CT molecular complexity index is 782. The number of hydrogen-bond acceptors (Lipinski definition) is 4. The summed E-state index contributed by atoms with van der Waals surface area (Å²) in [5.74, 6) is 4.44. The maximum absolute atomic E-state index is 6.71. The van der Waals surface area contributed by atoms with E-state index in [1.54, 1.807) is 0 Å². The third kappa shape index (κ3) is 2.59. The summed E-state index contributed by atoms with van der Waals surface area (Å²) in [5, 5.41) is 0.875. The lowest BCUT2D eigenvalue weighted by atomic mass is 9.44. The Hall–Kier alpha value is -0.450. The number of furan rings is 1. The first kappa shape index (κ1) is 20.2. The van der Waals surface area contributed by atoms with E-state index >= 15 is 0 Å². The molecule has 166 valence electrons. The zero-order valence-corrected chi connectivity index (χ0v) is 19.6. The largest absolute Gasteiger partial charge is 0.472 e. The standard InChI is InChI=1S/C26H39NO2S/c1-24-9-6-19(30-13-3-11-27)14-18(24)4-5-21-20(24)7-10-25(2)22(17-8-12-28-16-17)15-23-26(21,25)29-23/h8,12,16,18-23H,3-7,9-11,13-15,27H2,1-2H3/t18-,19+,20+,21-,22-,23-,24+,25-,26-/m1/s1. The number of fused-ring (bicyclic) bond motifs is 3. The van der Waals surface area contributed by atoms with E-state index in [2.05, 4.69) is 31.7 Å². The lowest BCUT2D eigenvalue weighted by Crippen LogP contribution is -2.58.